The molecule has 174 valence electrons. The second-order valence-corrected chi connectivity index (χ2v) is 9.71. The van der Waals surface area contributed by atoms with E-state index < -0.39 is 28.9 Å². The van der Waals surface area contributed by atoms with Crippen LogP contribution in [0.15, 0.2) is 12.1 Å². The predicted molar refractivity (Wildman–Crippen MR) is 115 cm³/mol. The Balaban J connectivity index is 1.59. The molecule has 5 N–H and O–H groups in total. The van der Waals surface area contributed by atoms with Gasteiger partial charge in [-0.1, -0.05) is 6.07 Å². The smallest absolute Gasteiger partial charge is 0.320 e. The normalized spacial score (nSPS) is 35.6. The van der Waals surface area contributed by atoms with Crippen LogP contribution in [0.3, 0.4) is 0 Å². The fourth-order valence-corrected chi connectivity index (χ4v) is 7.13. The zero-order valence-electron chi connectivity index (χ0n) is 18.5. The minimum absolute atomic E-state index is 0.00655. The van der Waals surface area contributed by atoms with E-state index in [0.717, 1.165) is 36.9 Å². The molecule has 1 aromatic carbocycles. The third-order valence-electron chi connectivity index (χ3n) is 8.45. The average molecular weight is 446 g/mol. The Labute approximate surface area is 186 Å². The summed E-state index contributed by atoms with van der Waals surface area (Å²) in [5.74, 6) is -0.925. The number of benzene rings is 1. The van der Waals surface area contributed by atoms with Gasteiger partial charge in [0.15, 0.2) is 11.5 Å². The lowest BCUT2D eigenvalue weighted by Crippen LogP contribution is -2.78. The molecule has 0 unspecified atom stereocenters. The first-order valence-electron chi connectivity index (χ1n) is 11.3. The van der Waals surface area contributed by atoms with E-state index in [1.807, 2.05) is 6.07 Å². The number of carbonyl (C=O) groups is 2. The summed E-state index contributed by atoms with van der Waals surface area (Å²) in [6.07, 6.45) is 2.74. The van der Waals surface area contributed by atoms with Crippen LogP contribution in [0.25, 0.3) is 0 Å². The number of nitrogens with zero attached hydrogens (tertiary/aromatic N) is 1. The monoisotopic (exact) mass is 445 g/mol. The molecule has 0 radical (unpaired) electrons. The minimum Gasteiger partial charge on any atom is -0.504 e. The lowest BCUT2D eigenvalue weighted by atomic mass is 9.48. The van der Waals surface area contributed by atoms with Crippen molar-refractivity contribution >= 4 is 11.9 Å². The van der Waals surface area contributed by atoms with E-state index in [4.69, 9.17) is 15.2 Å². The second kappa shape index (κ2) is 7.33. The van der Waals surface area contributed by atoms with E-state index in [1.54, 1.807) is 13.2 Å². The van der Waals surface area contributed by atoms with E-state index >= 15 is 0 Å². The third kappa shape index (κ3) is 2.67. The van der Waals surface area contributed by atoms with Crippen molar-refractivity contribution in [1.29, 1.82) is 0 Å². The number of aliphatic carboxylic acids is 1. The van der Waals surface area contributed by atoms with E-state index in [0.29, 0.717) is 12.2 Å². The molecule has 2 aliphatic carbocycles. The number of primary amides is 1. The van der Waals surface area contributed by atoms with Crippen LogP contribution in [-0.4, -0.2) is 77.5 Å². The fraction of sp³-hybridized carbons (Fsp3) is 0.652. The maximum Gasteiger partial charge on any atom is 0.320 e. The number of likely N-dealkylation sites (N-methyl/N-ethyl adjacent to an activating group) is 1. The molecule has 2 fully saturated rings. The van der Waals surface area contributed by atoms with Crippen molar-refractivity contribution in [3.63, 3.8) is 0 Å². The molecule has 32 heavy (non-hydrogen) atoms. The van der Waals surface area contributed by atoms with Crippen LogP contribution >= 0.6 is 0 Å². The summed E-state index contributed by atoms with van der Waals surface area (Å²) >= 11 is 0. The molecule has 4 aliphatic rings. The number of carbonyl (C=O) groups excluding carboxylic acids is 1. The van der Waals surface area contributed by atoms with Gasteiger partial charge in [-0.2, -0.15) is 0 Å². The summed E-state index contributed by atoms with van der Waals surface area (Å²) in [6, 6.07) is 2.66. The van der Waals surface area contributed by atoms with Gasteiger partial charge < -0.3 is 30.3 Å². The van der Waals surface area contributed by atoms with Crippen LogP contribution in [0.2, 0.25) is 0 Å². The number of phenols is 1. The Morgan fingerprint density at radius 3 is 2.88 bits per heavy atom. The Morgan fingerprint density at radius 2 is 2.19 bits per heavy atom. The zero-order valence-corrected chi connectivity index (χ0v) is 18.5. The topological polar surface area (TPSA) is 134 Å². The third-order valence-corrected chi connectivity index (χ3v) is 8.45. The molecule has 1 amide bonds. The molecule has 2 heterocycles. The van der Waals surface area contributed by atoms with Crippen molar-refractivity contribution in [3.8, 4) is 11.5 Å². The fourth-order valence-electron chi connectivity index (χ4n) is 7.13. The first-order chi connectivity index (χ1) is 15.2. The molecule has 9 nitrogen and oxygen atoms in total. The van der Waals surface area contributed by atoms with E-state index in [9.17, 15) is 19.8 Å². The number of piperidine rings is 1. The Morgan fingerprint density at radius 1 is 1.41 bits per heavy atom. The van der Waals surface area contributed by atoms with E-state index in [1.165, 1.54) is 0 Å². The van der Waals surface area contributed by atoms with Crippen LogP contribution < -0.4 is 15.8 Å². The Kier molecular flexibility index (Phi) is 4.92. The summed E-state index contributed by atoms with van der Waals surface area (Å²) in [6.45, 7) is 0.862. The van der Waals surface area contributed by atoms with Crippen molar-refractivity contribution in [1.82, 2.24) is 10.2 Å². The van der Waals surface area contributed by atoms with Crippen molar-refractivity contribution < 1.29 is 29.3 Å². The largest absolute Gasteiger partial charge is 0.504 e. The van der Waals surface area contributed by atoms with E-state index in [-0.39, 0.29) is 36.8 Å². The number of carboxylic acid groups (broad SMARTS) is 1. The quantitative estimate of drug-likeness (QED) is 0.477. The molecule has 9 heteroatoms. The molecular formula is C23H31N3O6. The van der Waals surface area contributed by atoms with Gasteiger partial charge in [0, 0.05) is 31.2 Å². The molecule has 2 aliphatic heterocycles. The van der Waals surface area contributed by atoms with Crippen molar-refractivity contribution in [2.75, 3.05) is 20.7 Å². The SMILES string of the molecule is CO[C@@]12CC[C@H](N[C@@H](CCC(N)=O)C(=O)O)[C@@H]3Oc4c(O)ccc5c4[C@@]31CCN(C)[C@@H]2C5. The molecule has 1 saturated heterocycles. The zero-order chi connectivity index (χ0) is 22.8. The number of carboxylic acids is 1. The predicted octanol–water partition coefficient (Wildman–Crippen LogP) is 0.507. The minimum atomic E-state index is -1.02. The molecular weight excluding hydrogens is 414 g/mol. The maximum atomic E-state index is 11.9. The van der Waals surface area contributed by atoms with Crippen LogP contribution in [0, 0.1) is 0 Å². The van der Waals surface area contributed by atoms with Crippen molar-refractivity contribution in [2.24, 2.45) is 5.73 Å². The number of likely N-dealkylation sites (tertiary alicyclic amines) is 1. The van der Waals surface area contributed by atoms with Gasteiger partial charge in [-0.3, -0.25) is 14.9 Å². The van der Waals surface area contributed by atoms with Crippen LogP contribution in [0.1, 0.15) is 43.2 Å². The van der Waals surface area contributed by atoms with Gasteiger partial charge in [0.1, 0.15) is 12.1 Å². The van der Waals surface area contributed by atoms with Gasteiger partial charge in [-0.25, -0.2) is 0 Å². The van der Waals surface area contributed by atoms with Crippen molar-refractivity contribution in [2.45, 2.75) is 73.8 Å². The van der Waals surface area contributed by atoms with Gasteiger partial charge in [0.2, 0.25) is 5.91 Å². The standard InChI is InChI=1S/C23H31N3O6/c1-26-10-9-22-18-12-3-5-15(27)19(18)32-20(22)13(7-8-23(22,31-2)16(26)11-12)25-14(21(29)30)4-6-17(24)28/h3,5,13-14,16,20,25,27H,4,6-11H2,1-2H3,(H2,24,28)(H,29,30)/t13-,14-,16+,20-,22-,23+/m0/s1. The van der Waals surface area contributed by atoms with Crippen LogP contribution in [0.5, 0.6) is 11.5 Å². The number of nitrogens with one attached hydrogen (secondary N) is 1. The van der Waals surface area contributed by atoms with Crippen molar-refractivity contribution in [3.05, 3.63) is 23.3 Å². The molecule has 1 spiro atoms. The highest BCUT2D eigenvalue weighted by Crippen LogP contribution is 2.66. The number of ether oxygens (including phenoxy) is 2. The summed E-state index contributed by atoms with van der Waals surface area (Å²) in [4.78, 5) is 25.5. The van der Waals surface area contributed by atoms with Crippen LogP contribution in [0.4, 0.5) is 0 Å². The number of nitrogens with two attached hydrogens (primary N) is 1. The lowest BCUT2D eigenvalue weighted by Gasteiger charge is -2.65. The number of phenolic OH excluding ortho intramolecular Hbond substituents is 1. The van der Waals surface area contributed by atoms with Crippen LogP contribution in [-0.2, 0) is 26.2 Å². The Bertz CT molecular complexity index is 969. The molecule has 1 aromatic rings. The van der Waals surface area contributed by atoms with Gasteiger partial charge in [0.05, 0.1) is 11.0 Å². The lowest BCUT2D eigenvalue weighted by molar-refractivity contribution is -0.204. The number of amides is 1. The second-order valence-electron chi connectivity index (χ2n) is 9.71. The number of methoxy groups -OCH3 is 1. The first kappa shape index (κ1) is 21.5. The highest BCUT2D eigenvalue weighted by molar-refractivity contribution is 5.77. The summed E-state index contributed by atoms with van der Waals surface area (Å²) < 4.78 is 12.9. The molecule has 2 bridgehead atoms. The molecule has 5 rings (SSSR count). The number of aromatic hydroxyl groups is 1. The first-order valence-corrected chi connectivity index (χ1v) is 11.3. The molecule has 0 aromatic heterocycles. The van der Waals surface area contributed by atoms with E-state index in [2.05, 4.69) is 17.3 Å². The van der Waals surface area contributed by atoms with Gasteiger partial charge in [-0.05, 0) is 57.3 Å². The average Bonchev–Trinajstić information content (AvgIpc) is 3.11. The van der Waals surface area contributed by atoms with Gasteiger partial charge >= 0.3 is 5.97 Å². The van der Waals surface area contributed by atoms with Gasteiger partial charge in [-0.15, -0.1) is 0 Å². The number of hydrogen-bond donors (Lipinski definition) is 4. The summed E-state index contributed by atoms with van der Waals surface area (Å²) in [7, 11) is 3.89. The summed E-state index contributed by atoms with van der Waals surface area (Å²) in [5.41, 5.74) is 6.48. The maximum absolute atomic E-state index is 11.9. The number of rotatable bonds is 7. The highest BCUT2D eigenvalue weighted by Gasteiger charge is 2.73. The van der Waals surface area contributed by atoms with Gasteiger partial charge in [0.25, 0.3) is 0 Å². The highest BCUT2D eigenvalue weighted by atomic mass is 16.5. The number of hydrogen-bond acceptors (Lipinski definition) is 7. The summed E-state index contributed by atoms with van der Waals surface area (Å²) in [5, 5.41) is 23.7. The Hall–Kier alpha value is -2.36. The molecule has 1 saturated carbocycles. The molecule has 6 atom stereocenters.